The second kappa shape index (κ2) is 10.8. The standard InChI is InChI=1S/C29H33F2N5/c1-3-5-20(2)35-14-16-36(17-15-35)29-32-18-23(19-33-29)21-8-10-22(11-9-21)26-12-13-27(34-26)28-24(30)6-4-7-25(28)31/h4,6-11,18-20,26H,3,5,12-17H2,1-2H3. The lowest BCUT2D eigenvalue weighted by Crippen LogP contribution is -2.50. The number of benzene rings is 2. The molecule has 5 nitrogen and oxygen atoms in total. The lowest BCUT2D eigenvalue weighted by molar-refractivity contribution is 0.187. The Balaban J connectivity index is 1.23. The zero-order chi connectivity index (χ0) is 25.1. The van der Waals surface area contributed by atoms with Crippen molar-refractivity contribution in [3.63, 3.8) is 0 Å². The fourth-order valence-corrected chi connectivity index (χ4v) is 5.29. The molecule has 1 saturated heterocycles. The number of rotatable bonds is 7. The first kappa shape index (κ1) is 24.5. The van der Waals surface area contributed by atoms with Crippen molar-refractivity contribution in [3.05, 3.63) is 77.6 Å². The Hall–Kier alpha value is -3.19. The summed E-state index contributed by atoms with van der Waals surface area (Å²) in [5.74, 6) is -0.325. The molecular formula is C29H33F2N5. The minimum Gasteiger partial charge on any atom is -0.338 e. The molecule has 2 aromatic carbocycles. The van der Waals surface area contributed by atoms with Crippen LogP contribution in [0.25, 0.3) is 11.1 Å². The van der Waals surface area contributed by atoms with Gasteiger partial charge in [0.1, 0.15) is 11.6 Å². The molecule has 1 aromatic heterocycles. The van der Waals surface area contributed by atoms with Crippen LogP contribution in [0.2, 0.25) is 0 Å². The van der Waals surface area contributed by atoms with Gasteiger partial charge >= 0.3 is 0 Å². The number of nitrogens with zero attached hydrogens (tertiary/aromatic N) is 5. The predicted octanol–water partition coefficient (Wildman–Crippen LogP) is 6.06. The van der Waals surface area contributed by atoms with E-state index in [1.165, 1.54) is 31.0 Å². The molecule has 36 heavy (non-hydrogen) atoms. The molecule has 3 heterocycles. The molecule has 5 rings (SSSR count). The lowest BCUT2D eigenvalue weighted by Gasteiger charge is -2.38. The van der Waals surface area contributed by atoms with Crippen molar-refractivity contribution in [3.8, 4) is 11.1 Å². The van der Waals surface area contributed by atoms with Crippen LogP contribution >= 0.6 is 0 Å². The minimum absolute atomic E-state index is 0.00532. The molecule has 0 radical (unpaired) electrons. The van der Waals surface area contributed by atoms with Gasteiger partial charge in [-0.1, -0.05) is 43.7 Å². The van der Waals surface area contributed by atoms with Crippen molar-refractivity contribution in [2.24, 2.45) is 4.99 Å². The molecule has 2 atom stereocenters. The molecule has 2 aliphatic heterocycles. The summed E-state index contributed by atoms with van der Waals surface area (Å²) < 4.78 is 28.3. The fraction of sp³-hybridized carbons (Fsp3) is 0.414. The summed E-state index contributed by atoms with van der Waals surface area (Å²) in [5, 5.41) is 0. The normalized spacial score (nSPS) is 19.4. The molecule has 188 valence electrons. The second-order valence-corrected chi connectivity index (χ2v) is 9.78. The maximum absolute atomic E-state index is 14.2. The maximum atomic E-state index is 14.2. The van der Waals surface area contributed by atoms with Crippen LogP contribution < -0.4 is 4.90 Å². The lowest BCUT2D eigenvalue weighted by atomic mass is 10.0. The molecule has 0 amide bonds. The summed E-state index contributed by atoms with van der Waals surface area (Å²) in [5.41, 5.74) is 3.55. The number of aliphatic imine (C=N–C) groups is 1. The molecule has 2 unspecified atom stereocenters. The van der Waals surface area contributed by atoms with Crippen LogP contribution in [0.5, 0.6) is 0 Å². The Bertz CT molecular complexity index is 1180. The summed E-state index contributed by atoms with van der Waals surface area (Å²) >= 11 is 0. The Kier molecular flexibility index (Phi) is 7.37. The molecule has 2 aliphatic rings. The number of anilines is 1. The minimum atomic E-state index is -0.555. The van der Waals surface area contributed by atoms with Gasteiger partial charge in [-0.2, -0.15) is 0 Å². The molecule has 0 saturated carbocycles. The average Bonchev–Trinajstić information content (AvgIpc) is 3.39. The van der Waals surface area contributed by atoms with E-state index in [0.29, 0.717) is 18.2 Å². The van der Waals surface area contributed by atoms with E-state index in [2.05, 4.69) is 38.6 Å². The van der Waals surface area contributed by atoms with Crippen LogP contribution in [0.1, 0.15) is 56.7 Å². The molecule has 7 heteroatoms. The summed E-state index contributed by atoms with van der Waals surface area (Å²) in [6.07, 6.45) is 7.53. The van der Waals surface area contributed by atoms with Crippen molar-refractivity contribution in [2.45, 2.75) is 51.6 Å². The van der Waals surface area contributed by atoms with Crippen molar-refractivity contribution < 1.29 is 8.78 Å². The first-order valence-electron chi connectivity index (χ1n) is 13.0. The number of hydrogen-bond donors (Lipinski definition) is 0. The van der Waals surface area contributed by atoms with Crippen molar-refractivity contribution >= 4 is 11.7 Å². The predicted molar refractivity (Wildman–Crippen MR) is 140 cm³/mol. The van der Waals surface area contributed by atoms with Gasteiger partial charge in [-0.05, 0) is 49.4 Å². The van der Waals surface area contributed by atoms with E-state index in [4.69, 9.17) is 0 Å². The van der Waals surface area contributed by atoms with E-state index in [1.807, 2.05) is 36.7 Å². The van der Waals surface area contributed by atoms with E-state index in [1.54, 1.807) is 0 Å². The van der Waals surface area contributed by atoms with Gasteiger partial charge in [0, 0.05) is 55.9 Å². The van der Waals surface area contributed by atoms with Crippen LogP contribution in [0, 0.1) is 11.6 Å². The van der Waals surface area contributed by atoms with Crippen molar-refractivity contribution in [2.75, 3.05) is 31.1 Å². The Morgan fingerprint density at radius 2 is 1.58 bits per heavy atom. The van der Waals surface area contributed by atoms with Crippen molar-refractivity contribution in [1.29, 1.82) is 0 Å². The Morgan fingerprint density at radius 1 is 0.917 bits per heavy atom. The van der Waals surface area contributed by atoms with Gasteiger partial charge in [0.05, 0.1) is 11.6 Å². The molecule has 0 bridgehead atoms. The molecule has 0 N–H and O–H groups in total. The van der Waals surface area contributed by atoms with Crippen molar-refractivity contribution in [1.82, 2.24) is 14.9 Å². The zero-order valence-electron chi connectivity index (χ0n) is 21.0. The molecule has 3 aromatic rings. The highest BCUT2D eigenvalue weighted by atomic mass is 19.1. The van der Waals surface area contributed by atoms with Crippen LogP contribution in [-0.4, -0.2) is 52.8 Å². The van der Waals surface area contributed by atoms with E-state index in [9.17, 15) is 8.78 Å². The second-order valence-electron chi connectivity index (χ2n) is 9.78. The van der Waals surface area contributed by atoms with Gasteiger partial charge in [0.15, 0.2) is 0 Å². The van der Waals surface area contributed by atoms with Crippen LogP contribution in [0.3, 0.4) is 0 Å². The zero-order valence-corrected chi connectivity index (χ0v) is 21.0. The van der Waals surface area contributed by atoms with Gasteiger partial charge in [-0.25, -0.2) is 18.7 Å². The van der Waals surface area contributed by atoms with E-state index in [0.717, 1.165) is 55.2 Å². The smallest absolute Gasteiger partial charge is 0.225 e. The third-order valence-electron chi connectivity index (χ3n) is 7.41. The molecule has 0 aliphatic carbocycles. The van der Waals surface area contributed by atoms with Gasteiger partial charge in [0.25, 0.3) is 0 Å². The van der Waals surface area contributed by atoms with Gasteiger partial charge in [-0.3, -0.25) is 9.89 Å². The highest BCUT2D eigenvalue weighted by Crippen LogP contribution is 2.33. The number of hydrogen-bond acceptors (Lipinski definition) is 5. The van der Waals surface area contributed by atoms with Crippen LogP contribution in [0.15, 0.2) is 59.9 Å². The number of piperazine rings is 1. The van der Waals surface area contributed by atoms with Crippen LogP contribution in [-0.2, 0) is 0 Å². The molecule has 0 spiro atoms. The SMILES string of the molecule is CCCC(C)N1CCN(c2ncc(-c3ccc(C4CCC(c5c(F)cccc5F)=N4)cc3)cn2)CC1. The number of halogens is 2. The highest BCUT2D eigenvalue weighted by molar-refractivity contribution is 6.02. The third kappa shape index (κ3) is 5.16. The average molecular weight is 490 g/mol. The summed E-state index contributed by atoms with van der Waals surface area (Å²) in [6, 6.07) is 12.6. The Morgan fingerprint density at radius 3 is 2.22 bits per heavy atom. The highest BCUT2D eigenvalue weighted by Gasteiger charge is 2.25. The summed E-state index contributed by atoms with van der Waals surface area (Å²) in [6.45, 7) is 8.54. The first-order chi connectivity index (χ1) is 17.5. The first-order valence-corrected chi connectivity index (χ1v) is 13.0. The van der Waals surface area contributed by atoms with Gasteiger partial charge in [0.2, 0.25) is 5.95 Å². The maximum Gasteiger partial charge on any atom is 0.225 e. The summed E-state index contributed by atoms with van der Waals surface area (Å²) in [7, 11) is 0. The topological polar surface area (TPSA) is 44.6 Å². The number of aromatic nitrogens is 2. The third-order valence-corrected chi connectivity index (χ3v) is 7.41. The van der Waals surface area contributed by atoms with Gasteiger partial charge < -0.3 is 4.90 Å². The fourth-order valence-electron chi connectivity index (χ4n) is 5.29. The Labute approximate surface area is 211 Å². The van der Waals surface area contributed by atoms with E-state index >= 15 is 0 Å². The molecular weight excluding hydrogens is 456 g/mol. The quantitative estimate of drug-likeness (QED) is 0.405. The monoisotopic (exact) mass is 489 g/mol. The van der Waals surface area contributed by atoms with Crippen LogP contribution in [0.4, 0.5) is 14.7 Å². The summed E-state index contributed by atoms with van der Waals surface area (Å²) in [4.78, 5) is 18.8. The van der Waals surface area contributed by atoms with E-state index in [-0.39, 0.29) is 11.6 Å². The van der Waals surface area contributed by atoms with E-state index < -0.39 is 11.6 Å². The largest absolute Gasteiger partial charge is 0.338 e. The van der Waals surface area contributed by atoms with Gasteiger partial charge in [-0.15, -0.1) is 0 Å². The molecule has 1 fully saturated rings.